The largest absolute Gasteiger partial charge is 0.349 e. The molecule has 35 heavy (non-hydrogen) atoms. The fraction of sp³-hybridized carbons (Fsp3) is 0.333. The third-order valence-electron chi connectivity index (χ3n) is 4.86. The van der Waals surface area contributed by atoms with E-state index in [1.807, 2.05) is 0 Å². The van der Waals surface area contributed by atoms with Crippen LogP contribution in [-0.2, 0) is 29.0 Å². The van der Waals surface area contributed by atoms with Crippen molar-refractivity contribution in [3.8, 4) is 0 Å². The smallest absolute Gasteiger partial charge is 0.221 e. The molecule has 0 spiro atoms. The summed E-state index contributed by atoms with van der Waals surface area (Å²) in [6, 6.07) is 11.4. The quantitative estimate of drug-likeness (QED) is 0.391. The van der Waals surface area contributed by atoms with Crippen LogP contribution in [0.2, 0.25) is 0 Å². The van der Waals surface area contributed by atoms with Crippen LogP contribution in [0.4, 0.5) is 11.4 Å². The van der Waals surface area contributed by atoms with Crippen LogP contribution >= 0.6 is 0 Å². The zero-order valence-electron chi connectivity index (χ0n) is 20.0. The van der Waals surface area contributed by atoms with Crippen LogP contribution < -0.4 is 21.3 Å². The number of rotatable bonds is 10. The van der Waals surface area contributed by atoms with Crippen molar-refractivity contribution >= 4 is 44.8 Å². The molecule has 0 heterocycles. The van der Waals surface area contributed by atoms with Gasteiger partial charge < -0.3 is 21.3 Å². The standard InChI is InChI=1S/C24H30N4O6S/c1-15(29)25-21-9-5-19(6-10-21)23(27-17(3)31)13-35(33,34)14-24(28-18(4)32)20-7-11-22(12-8-20)26-16(2)30/h5-12,23-24H,13-14H2,1-4H3,(H,25,29)(H,26,30)(H,27,31)(H,28,32). The molecule has 0 aliphatic carbocycles. The predicted octanol–water partition coefficient (Wildman–Crippen LogP) is 2.07. The highest BCUT2D eigenvalue weighted by Gasteiger charge is 2.27. The summed E-state index contributed by atoms with van der Waals surface area (Å²) in [6.07, 6.45) is 0. The zero-order chi connectivity index (χ0) is 26.2. The lowest BCUT2D eigenvalue weighted by atomic mass is 10.1. The lowest BCUT2D eigenvalue weighted by Gasteiger charge is -2.22. The number of carbonyl (C=O) groups is 4. The van der Waals surface area contributed by atoms with Crippen LogP contribution in [-0.4, -0.2) is 43.6 Å². The normalized spacial score (nSPS) is 12.7. The molecular weight excluding hydrogens is 472 g/mol. The minimum absolute atomic E-state index is 0.243. The van der Waals surface area contributed by atoms with Gasteiger partial charge in [-0.2, -0.15) is 0 Å². The Morgan fingerprint density at radius 1 is 0.600 bits per heavy atom. The van der Waals surface area contributed by atoms with Crippen molar-refractivity contribution in [1.82, 2.24) is 10.6 Å². The van der Waals surface area contributed by atoms with Crippen molar-refractivity contribution in [1.29, 1.82) is 0 Å². The number of carbonyl (C=O) groups excluding carboxylic acids is 4. The Labute approximate surface area is 204 Å². The Bertz CT molecular complexity index is 1090. The van der Waals surface area contributed by atoms with Crippen LogP contribution in [0.1, 0.15) is 50.9 Å². The molecule has 2 aromatic rings. The Kier molecular flexibility index (Phi) is 9.52. The first-order chi connectivity index (χ1) is 16.3. The van der Waals surface area contributed by atoms with E-state index in [1.54, 1.807) is 48.5 Å². The van der Waals surface area contributed by atoms with Gasteiger partial charge in [0, 0.05) is 39.1 Å². The van der Waals surface area contributed by atoms with Gasteiger partial charge in [-0.1, -0.05) is 24.3 Å². The van der Waals surface area contributed by atoms with Gasteiger partial charge in [-0.25, -0.2) is 8.42 Å². The molecule has 4 N–H and O–H groups in total. The summed E-state index contributed by atoms with van der Waals surface area (Å²) >= 11 is 0. The van der Waals surface area contributed by atoms with Crippen LogP contribution in [0.25, 0.3) is 0 Å². The van der Waals surface area contributed by atoms with Gasteiger partial charge in [-0.05, 0) is 35.4 Å². The summed E-state index contributed by atoms with van der Waals surface area (Å²) in [7, 11) is -3.79. The number of benzene rings is 2. The third-order valence-corrected chi connectivity index (χ3v) is 6.55. The van der Waals surface area contributed by atoms with Crippen LogP contribution in [0.3, 0.4) is 0 Å². The molecule has 2 atom stereocenters. The van der Waals surface area contributed by atoms with E-state index in [2.05, 4.69) is 21.3 Å². The van der Waals surface area contributed by atoms with Gasteiger partial charge in [0.25, 0.3) is 0 Å². The minimum atomic E-state index is -3.79. The van der Waals surface area contributed by atoms with E-state index in [9.17, 15) is 27.6 Å². The molecule has 11 heteroatoms. The fourth-order valence-corrected chi connectivity index (χ4v) is 5.22. The number of hydrogen-bond donors (Lipinski definition) is 4. The molecule has 0 aromatic heterocycles. The monoisotopic (exact) mass is 502 g/mol. The Hall–Kier alpha value is -3.73. The van der Waals surface area contributed by atoms with E-state index < -0.39 is 45.2 Å². The Balaban J connectivity index is 2.26. The summed E-state index contributed by atoms with van der Waals surface area (Å²) in [5.74, 6) is -2.08. The molecule has 0 aliphatic rings. The molecule has 0 radical (unpaired) electrons. The maximum absolute atomic E-state index is 13.2. The van der Waals surface area contributed by atoms with Gasteiger partial charge in [0.2, 0.25) is 23.6 Å². The molecule has 0 aliphatic heterocycles. The van der Waals surface area contributed by atoms with Crippen molar-refractivity contribution in [3.05, 3.63) is 59.7 Å². The highest BCUT2D eigenvalue weighted by atomic mass is 32.2. The first kappa shape index (κ1) is 27.5. The molecule has 0 fully saturated rings. The Morgan fingerprint density at radius 2 is 0.914 bits per heavy atom. The topological polar surface area (TPSA) is 151 Å². The Morgan fingerprint density at radius 3 is 1.17 bits per heavy atom. The van der Waals surface area contributed by atoms with Gasteiger partial charge in [0.05, 0.1) is 23.6 Å². The first-order valence-electron chi connectivity index (χ1n) is 10.8. The SMILES string of the molecule is CC(=O)Nc1ccc(C(CS(=O)(=O)CC(NC(C)=O)c2ccc(NC(C)=O)cc2)NC(C)=O)cc1. The summed E-state index contributed by atoms with van der Waals surface area (Å²) in [5.41, 5.74) is 2.18. The van der Waals surface area contributed by atoms with E-state index in [-0.39, 0.29) is 11.8 Å². The molecular formula is C24H30N4O6S. The molecule has 0 bridgehead atoms. The van der Waals surface area contributed by atoms with Crippen molar-refractivity contribution in [2.45, 2.75) is 39.8 Å². The van der Waals surface area contributed by atoms with E-state index in [1.165, 1.54) is 27.7 Å². The second-order valence-electron chi connectivity index (χ2n) is 8.19. The first-order valence-corrected chi connectivity index (χ1v) is 12.7. The average Bonchev–Trinajstić information content (AvgIpc) is 2.72. The number of hydrogen-bond acceptors (Lipinski definition) is 6. The van der Waals surface area contributed by atoms with E-state index in [4.69, 9.17) is 0 Å². The van der Waals surface area contributed by atoms with Gasteiger partial charge in [0.1, 0.15) is 0 Å². The van der Waals surface area contributed by atoms with Gasteiger partial charge in [0.15, 0.2) is 9.84 Å². The lowest BCUT2D eigenvalue weighted by molar-refractivity contribution is -0.120. The van der Waals surface area contributed by atoms with Gasteiger partial charge in [-0.15, -0.1) is 0 Å². The molecule has 2 aromatic carbocycles. The molecule has 2 unspecified atom stereocenters. The highest BCUT2D eigenvalue weighted by Crippen LogP contribution is 2.23. The van der Waals surface area contributed by atoms with E-state index in [0.717, 1.165) is 0 Å². The number of sulfone groups is 1. The minimum Gasteiger partial charge on any atom is -0.349 e. The summed E-state index contributed by atoms with van der Waals surface area (Å²) in [4.78, 5) is 46.0. The van der Waals surface area contributed by atoms with Crippen molar-refractivity contribution < 1.29 is 27.6 Å². The van der Waals surface area contributed by atoms with Crippen LogP contribution in [0, 0.1) is 0 Å². The number of nitrogens with one attached hydrogen (secondary N) is 4. The molecule has 0 saturated carbocycles. The maximum Gasteiger partial charge on any atom is 0.221 e. The van der Waals surface area contributed by atoms with Crippen molar-refractivity contribution in [2.75, 3.05) is 22.1 Å². The summed E-state index contributed by atoms with van der Waals surface area (Å²) in [6.45, 7) is 5.34. The fourth-order valence-electron chi connectivity index (χ4n) is 3.51. The summed E-state index contributed by atoms with van der Waals surface area (Å²) in [5, 5.41) is 10.6. The van der Waals surface area contributed by atoms with Crippen molar-refractivity contribution in [3.63, 3.8) is 0 Å². The molecule has 188 valence electrons. The molecule has 2 rings (SSSR count). The van der Waals surface area contributed by atoms with Crippen LogP contribution in [0.15, 0.2) is 48.5 Å². The molecule has 0 saturated heterocycles. The lowest BCUT2D eigenvalue weighted by Crippen LogP contribution is -2.36. The second kappa shape index (κ2) is 12.1. The van der Waals surface area contributed by atoms with E-state index in [0.29, 0.717) is 22.5 Å². The highest BCUT2D eigenvalue weighted by molar-refractivity contribution is 7.91. The summed E-state index contributed by atoms with van der Waals surface area (Å²) < 4.78 is 26.3. The second-order valence-corrected chi connectivity index (χ2v) is 10.3. The molecule has 10 nitrogen and oxygen atoms in total. The van der Waals surface area contributed by atoms with Crippen LogP contribution in [0.5, 0.6) is 0 Å². The van der Waals surface area contributed by atoms with Crippen molar-refractivity contribution in [2.24, 2.45) is 0 Å². The predicted molar refractivity (Wildman–Crippen MR) is 133 cm³/mol. The maximum atomic E-state index is 13.2. The van der Waals surface area contributed by atoms with E-state index >= 15 is 0 Å². The van der Waals surface area contributed by atoms with Gasteiger partial charge >= 0.3 is 0 Å². The molecule has 4 amide bonds. The van der Waals surface area contributed by atoms with Gasteiger partial charge in [-0.3, -0.25) is 19.2 Å². The average molecular weight is 503 g/mol. The zero-order valence-corrected chi connectivity index (χ0v) is 20.9. The number of amides is 4. The number of anilines is 2. The third kappa shape index (κ3) is 9.57.